The number of hydrogen-bond acceptors (Lipinski definition) is 6. The van der Waals surface area contributed by atoms with Crippen LogP contribution in [0, 0.1) is 23.7 Å². The van der Waals surface area contributed by atoms with Crippen molar-refractivity contribution in [3.05, 3.63) is 77.6 Å². The number of nitrogens with one attached hydrogen (secondary N) is 2. The first-order chi connectivity index (χ1) is 20.9. The molecule has 1 aromatic heterocycles. The highest BCUT2D eigenvalue weighted by molar-refractivity contribution is 7.99. The Hall–Kier alpha value is -2.85. The zero-order chi connectivity index (χ0) is 29.6. The molecule has 2 aromatic carbocycles. The van der Waals surface area contributed by atoms with Gasteiger partial charge in [-0.1, -0.05) is 55.1 Å². The molecule has 8 nitrogen and oxygen atoms in total. The van der Waals surface area contributed by atoms with Crippen LogP contribution in [0.4, 0.5) is 10.5 Å². The minimum Gasteiger partial charge on any atom is -0.392 e. The van der Waals surface area contributed by atoms with Gasteiger partial charge < -0.3 is 29.8 Å². The Kier molecular flexibility index (Phi) is 8.01. The van der Waals surface area contributed by atoms with Crippen molar-refractivity contribution >= 4 is 23.5 Å². The summed E-state index contributed by atoms with van der Waals surface area (Å²) in [6.45, 7) is 2.17. The minimum atomic E-state index is -0.598. The maximum atomic E-state index is 13.3. The lowest BCUT2D eigenvalue weighted by Crippen LogP contribution is -2.60. The van der Waals surface area contributed by atoms with E-state index in [0.29, 0.717) is 0 Å². The van der Waals surface area contributed by atoms with E-state index in [1.54, 1.807) is 11.8 Å². The van der Waals surface area contributed by atoms with E-state index < -0.39 is 6.29 Å². The van der Waals surface area contributed by atoms with E-state index in [4.69, 9.17) is 9.47 Å². The minimum absolute atomic E-state index is 0.00621. The topological polar surface area (TPSA) is 97.6 Å². The summed E-state index contributed by atoms with van der Waals surface area (Å²) < 4.78 is 15.3. The van der Waals surface area contributed by atoms with Crippen molar-refractivity contribution in [3.63, 3.8) is 0 Å². The molecule has 0 unspecified atom stereocenters. The summed E-state index contributed by atoms with van der Waals surface area (Å²) in [4.78, 5) is 17.8. The van der Waals surface area contributed by atoms with Gasteiger partial charge in [0.25, 0.3) is 0 Å². The third kappa shape index (κ3) is 6.10. The Bertz CT molecular complexity index is 1410. The maximum absolute atomic E-state index is 13.3. The van der Waals surface area contributed by atoms with E-state index in [-0.39, 0.29) is 36.3 Å². The number of imidazole rings is 1. The van der Waals surface area contributed by atoms with E-state index in [1.165, 1.54) is 19.3 Å². The summed E-state index contributed by atoms with van der Waals surface area (Å²) in [5, 5.41) is 17.0. The van der Waals surface area contributed by atoms with Crippen LogP contribution in [0.25, 0.3) is 0 Å². The Morgan fingerprint density at radius 1 is 1.05 bits per heavy atom. The van der Waals surface area contributed by atoms with Crippen LogP contribution in [0.5, 0.6) is 0 Å². The van der Waals surface area contributed by atoms with Crippen LogP contribution in [0.2, 0.25) is 0 Å². The SMILES string of the molecule is C[C@H]1[C@@H](CSc2nccn2C)O[C@@H](c2cccc(NC(=O)NC34CC5CC(CC(C5)C3)C4)c2)O[C@H]1c1ccc(CO)cc1. The number of aliphatic hydroxyl groups is 1. The largest absolute Gasteiger partial charge is 0.392 e. The number of urea groups is 1. The molecule has 43 heavy (non-hydrogen) atoms. The highest BCUT2D eigenvalue weighted by atomic mass is 32.2. The van der Waals surface area contributed by atoms with E-state index in [1.807, 2.05) is 72.5 Å². The summed E-state index contributed by atoms with van der Waals surface area (Å²) in [7, 11) is 2.00. The van der Waals surface area contributed by atoms with Gasteiger partial charge >= 0.3 is 6.03 Å². The van der Waals surface area contributed by atoms with Crippen molar-refractivity contribution in [3.8, 4) is 0 Å². The fraction of sp³-hybridized carbons (Fsp3) is 0.529. The Balaban J connectivity index is 1.08. The van der Waals surface area contributed by atoms with Gasteiger partial charge in [0.05, 0.1) is 18.8 Å². The lowest BCUT2D eigenvalue weighted by Gasteiger charge is -2.56. The second-order valence-electron chi connectivity index (χ2n) is 13.4. The normalized spacial score (nSPS) is 33.0. The molecule has 9 heteroatoms. The van der Waals surface area contributed by atoms with Gasteiger partial charge in [-0.2, -0.15) is 0 Å². The number of ether oxygens (including phenoxy) is 2. The molecule has 1 saturated heterocycles. The van der Waals surface area contributed by atoms with Gasteiger partial charge in [0, 0.05) is 47.9 Å². The summed E-state index contributed by atoms with van der Waals surface area (Å²) in [6, 6.07) is 15.7. The average molecular weight is 603 g/mol. The van der Waals surface area contributed by atoms with E-state index in [2.05, 4.69) is 22.5 Å². The molecular weight excluding hydrogens is 560 g/mol. The number of rotatable bonds is 8. The van der Waals surface area contributed by atoms with Gasteiger partial charge in [-0.15, -0.1) is 0 Å². The second-order valence-corrected chi connectivity index (χ2v) is 14.3. The number of aryl methyl sites for hydroxylation is 1. The molecule has 5 aliphatic rings. The summed E-state index contributed by atoms with van der Waals surface area (Å²) in [5.74, 6) is 3.12. The fourth-order valence-corrected chi connectivity index (χ4v) is 9.48. The summed E-state index contributed by atoms with van der Waals surface area (Å²) in [6.07, 6.45) is 10.2. The van der Waals surface area contributed by atoms with Gasteiger partial charge in [0.2, 0.25) is 0 Å². The lowest BCUT2D eigenvalue weighted by molar-refractivity contribution is -0.268. The van der Waals surface area contributed by atoms with E-state index >= 15 is 0 Å². The first kappa shape index (κ1) is 28.9. The molecule has 4 aliphatic carbocycles. The lowest BCUT2D eigenvalue weighted by atomic mass is 9.53. The van der Waals surface area contributed by atoms with Gasteiger partial charge in [-0.3, -0.25) is 0 Å². The first-order valence-electron chi connectivity index (χ1n) is 15.7. The molecule has 0 radical (unpaired) electrons. The number of benzene rings is 2. The molecule has 1 aliphatic heterocycles. The predicted octanol–water partition coefficient (Wildman–Crippen LogP) is 6.59. The molecule has 4 saturated carbocycles. The van der Waals surface area contributed by atoms with Gasteiger partial charge in [-0.25, -0.2) is 9.78 Å². The molecule has 0 spiro atoms. The second kappa shape index (κ2) is 11.9. The summed E-state index contributed by atoms with van der Waals surface area (Å²) >= 11 is 1.68. The van der Waals surface area contributed by atoms with Crippen LogP contribution in [0.15, 0.2) is 66.1 Å². The van der Waals surface area contributed by atoms with Crippen LogP contribution >= 0.6 is 11.8 Å². The van der Waals surface area contributed by atoms with Crippen molar-refractivity contribution in [2.24, 2.45) is 30.7 Å². The molecule has 228 valence electrons. The number of aromatic nitrogens is 2. The van der Waals surface area contributed by atoms with Crippen molar-refractivity contribution in [2.75, 3.05) is 11.1 Å². The number of aliphatic hydroxyl groups excluding tert-OH is 1. The number of carbonyl (C=O) groups excluding carboxylic acids is 1. The number of anilines is 1. The molecule has 3 aromatic rings. The quantitative estimate of drug-likeness (QED) is 0.252. The zero-order valence-corrected chi connectivity index (χ0v) is 25.8. The van der Waals surface area contributed by atoms with Crippen molar-refractivity contribution in [1.82, 2.24) is 14.9 Å². The predicted molar refractivity (Wildman–Crippen MR) is 166 cm³/mol. The van der Waals surface area contributed by atoms with E-state index in [9.17, 15) is 9.90 Å². The number of nitrogens with zero attached hydrogens (tertiary/aromatic N) is 2. The zero-order valence-electron chi connectivity index (χ0n) is 24.9. The number of hydrogen-bond donors (Lipinski definition) is 3. The first-order valence-corrected chi connectivity index (χ1v) is 16.6. The molecule has 2 heterocycles. The van der Waals surface area contributed by atoms with Crippen LogP contribution in [0.1, 0.15) is 74.5 Å². The van der Waals surface area contributed by atoms with Crippen molar-refractivity contribution in [2.45, 2.75) is 81.2 Å². The molecule has 4 bridgehead atoms. The Morgan fingerprint density at radius 3 is 2.42 bits per heavy atom. The molecular formula is C34H42N4O4S. The number of amides is 2. The van der Waals surface area contributed by atoms with Gasteiger partial charge in [-0.05, 0) is 79.5 Å². The van der Waals surface area contributed by atoms with Crippen molar-refractivity contribution in [1.29, 1.82) is 0 Å². The molecule has 8 rings (SSSR count). The third-order valence-corrected chi connectivity index (χ3v) is 11.3. The van der Waals surface area contributed by atoms with Crippen LogP contribution in [0.3, 0.4) is 0 Å². The fourth-order valence-electron chi connectivity index (χ4n) is 8.39. The monoisotopic (exact) mass is 602 g/mol. The molecule has 4 atom stereocenters. The van der Waals surface area contributed by atoms with Crippen LogP contribution < -0.4 is 10.6 Å². The van der Waals surface area contributed by atoms with Gasteiger partial charge in [0.15, 0.2) is 11.4 Å². The van der Waals surface area contributed by atoms with Gasteiger partial charge in [0.1, 0.15) is 0 Å². The maximum Gasteiger partial charge on any atom is 0.319 e. The number of thioether (sulfide) groups is 1. The third-order valence-electron chi connectivity index (χ3n) is 10.1. The standard InChI is InChI=1S/C34H42N4O4S/c1-21-29(20-43-33-35-10-11-38(33)2)41-31(42-30(21)26-8-6-22(19-39)7-9-26)27-4-3-5-28(15-27)36-32(40)37-34-16-23-12-24(17-34)14-25(13-23)18-34/h3-11,15,21,23-25,29-31,39H,12-14,16-20H2,1-2H3,(H2,36,37,40)/t21-,23?,24?,25?,29+,30+,31+,34?/m0/s1. The highest BCUT2D eigenvalue weighted by Crippen LogP contribution is 2.55. The van der Waals surface area contributed by atoms with E-state index in [0.717, 1.165) is 70.3 Å². The van der Waals surface area contributed by atoms with Crippen molar-refractivity contribution < 1.29 is 19.4 Å². The average Bonchev–Trinajstić information content (AvgIpc) is 3.40. The molecule has 5 fully saturated rings. The number of carbonyl (C=O) groups is 1. The highest BCUT2D eigenvalue weighted by Gasteiger charge is 2.51. The Labute approximate surface area is 258 Å². The smallest absolute Gasteiger partial charge is 0.319 e. The Morgan fingerprint density at radius 2 is 1.77 bits per heavy atom. The molecule has 3 N–H and O–H groups in total. The van der Waals surface area contributed by atoms with Crippen LogP contribution in [-0.4, -0.2) is 38.1 Å². The van der Waals surface area contributed by atoms with Crippen LogP contribution in [-0.2, 0) is 23.1 Å². The summed E-state index contributed by atoms with van der Waals surface area (Å²) in [5.41, 5.74) is 3.47. The molecule has 2 amide bonds.